The van der Waals surface area contributed by atoms with Crippen LogP contribution in [0.3, 0.4) is 0 Å². The zero-order valence-corrected chi connectivity index (χ0v) is 15.1. The molecule has 2 rings (SSSR count). The van der Waals surface area contributed by atoms with E-state index in [-0.39, 0.29) is 6.79 Å². The zero-order chi connectivity index (χ0) is 20.4. The van der Waals surface area contributed by atoms with Crippen LogP contribution in [-0.2, 0) is 19.1 Å². The monoisotopic (exact) mass is 382 g/mol. The molecule has 2 aromatic carbocycles. The molecule has 0 saturated carbocycles. The van der Waals surface area contributed by atoms with Crippen molar-refractivity contribution in [3.63, 3.8) is 0 Å². The van der Waals surface area contributed by atoms with E-state index in [9.17, 15) is 14.4 Å². The van der Waals surface area contributed by atoms with Crippen molar-refractivity contribution in [3.8, 4) is 11.5 Å². The predicted octanol–water partition coefficient (Wildman–Crippen LogP) is 3.16. The van der Waals surface area contributed by atoms with Gasteiger partial charge in [-0.25, -0.2) is 14.4 Å². The van der Waals surface area contributed by atoms with Gasteiger partial charge >= 0.3 is 17.9 Å². The fourth-order valence-electron chi connectivity index (χ4n) is 1.98. The molecule has 0 aliphatic rings. The van der Waals surface area contributed by atoms with Gasteiger partial charge < -0.3 is 18.9 Å². The Labute approximate surface area is 161 Å². The van der Waals surface area contributed by atoms with Gasteiger partial charge in [-0.2, -0.15) is 0 Å². The van der Waals surface area contributed by atoms with E-state index in [0.29, 0.717) is 17.1 Å². The normalized spacial score (nSPS) is 10.2. The summed E-state index contributed by atoms with van der Waals surface area (Å²) >= 11 is 0. The summed E-state index contributed by atoms with van der Waals surface area (Å²) in [6.45, 7) is 3.06. The Morgan fingerprint density at radius 2 is 1.57 bits per heavy atom. The van der Waals surface area contributed by atoms with E-state index in [4.69, 9.17) is 14.2 Å². The second-order valence-electron chi connectivity index (χ2n) is 5.27. The maximum absolute atomic E-state index is 11.9. The minimum atomic E-state index is -0.571. The molecule has 0 amide bonds. The summed E-state index contributed by atoms with van der Waals surface area (Å²) in [5, 5.41) is 0. The molecule has 0 spiro atoms. The number of carbonyl (C=O) groups excluding carboxylic acids is 3. The molecule has 0 radical (unpaired) electrons. The third kappa shape index (κ3) is 6.45. The summed E-state index contributed by atoms with van der Waals surface area (Å²) < 4.78 is 19.7. The lowest BCUT2D eigenvalue weighted by atomic mass is 10.2. The molecule has 0 fully saturated rings. The highest BCUT2D eigenvalue weighted by atomic mass is 16.7. The van der Waals surface area contributed by atoms with Gasteiger partial charge in [0.15, 0.2) is 0 Å². The second kappa shape index (κ2) is 10.3. The van der Waals surface area contributed by atoms with Crippen LogP contribution in [0.15, 0.2) is 67.3 Å². The topological polar surface area (TPSA) is 88.1 Å². The summed E-state index contributed by atoms with van der Waals surface area (Å²) in [6, 6.07) is 12.8. The molecule has 0 aliphatic heterocycles. The molecule has 0 atom stereocenters. The summed E-state index contributed by atoms with van der Waals surface area (Å²) in [5.41, 5.74) is 1.10. The highest BCUT2D eigenvalue weighted by Crippen LogP contribution is 2.15. The van der Waals surface area contributed by atoms with Crippen LogP contribution in [0.2, 0.25) is 0 Å². The third-order valence-electron chi connectivity index (χ3n) is 3.38. The highest BCUT2D eigenvalue weighted by molar-refractivity contribution is 5.90. The van der Waals surface area contributed by atoms with E-state index in [1.165, 1.54) is 37.5 Å². The summed E-state index contributed by atoms with van der Waals surface area (Å²) in [5.74, 6) is -0.799. The zero-order valence-electron chi connectivity index (χ0n) is 15.1. The Bertz CT molecular complexity index is 865. The number of methoxy groups -OCH3 is 1. The molecule has 0 bridgehead atoms. The summed E-state index contributed by atoms with van der Waals surface area (Å²) in [7, 11) is 1.29. The van der Waals surface area contributed by atoms with Crippen molar-refractivity contribution in [1.82, 2.24) is 0 Å². The molecule has 0 N–H and O–H groups in total. The van der Waals surface area contributed by atoms with Crippen LogP contribution in [0.4, 0.5) is 0 Å². The first-order valence-corrected chi connectivity index (χ1v) is 8.12. The van der Waals surface area contributed by atoms with Crippen LogP contribution in [0.1, 0.15) is 15.9 Å². The first-order valence-electron chi connectivity index (χ1n) is 8.12. The molecule has 0 unspecified atom stereocenters. The molecular weight excluding hydrogens is 364 g/mol. The van der Waals surface area contributed by atoms with Gasteiger partial charge in [-0.15, -0.1) is 0 Å². The van der Waals surface area contributed by atoms with Crippen LogP contribution < -0.4 is 9.47 Å². The van der Waals surface area contributed by atoms with Crippen LogP contribution >= 0.6 is 0 Å². The van der Waals surface area contributed by atoms with E-state index < -0.39 is 17.9 Å². The number of hydrogen-bond acceptors (Lipinski definition) is 7. The Morgan fingerprint density at radius 3 is 2.18 bits per heavy atom. The van der Waals surface area contributed by atoms with Gasteiger partial charge in [0, 0.05) is 12.2 Å². The maximum Gasteiger partial charge on any atom is 0.337 e. The lowest BCUT2D eigenvalue weighted by molar-refractivity contribution is -0.144. The van der Waals surface area contributed by atoms with Crippen molar-refractivity contribution < 1.29 is 33.3 Å². The number of rotatable bonds is 8. The Hall–Kier alpha value is -3.87. The fourth-order valence-corrected chi connectivity index (χ4v) is 1.98. The minimum Gasteiger partial charge on any atom is -0.465 e. The van der Waals surface area contributed by atoms with Crippen molar-refractivity contribution in [3.05, 3.63) is 78.4 Å². The molecule has 0 heterocycles. The average molecular weight is 382 g/mol. The largest absolute Gasteiger partial charge is 0.465 e. The van der Waals surface area contributed by atoms with Gasteiger partial charge in [-0.3, -0.25) is 0 Å². The molecule has 28 heavy (non-hydrogen) atoms. The van der Waals surface area contributed by atoms with Gasteiger partial charge in [0.25, 0.3) is 0 Å². The number of carbonyl (C=O) groups is 3. The smallest absolute Gasteiger partial charge is 0.337 e. The fraction of sp³-hybridized carbons (Fsp3) is 0.0952. The SMILES string of the molecule is C=CC(=O)OCOc1ccc(C=CC(=O)Oc2ccc(C(=O)OC)cc2)cc1. The van der Waals surface area contributed by atoms with Crippen molar-refractivity contribution >= 4 is 24.0 Å². The molecule has 7 heteroatoms. The van der Waals surface area contributed by atoms with Gasteiger partial charge in [0.1, 0.15) is 11.5 Å². The van der Waals surface area contributed by atoms with E-state index in [1.54, 1.807) is 30.3 Å². The molecule has 144 valence electrons. The third-order valence-corrected chi connectivity index (χ3v) is 3.38. The first kappa shape index (κ1) is 20.4. The van der Waals surface area contributed by atoms with Crippen LogP contribution in [0.25, 0.3) is 6.08 Å². The molecule has 0 aliphatic carbocycles. The predicted molar refractivity (Wildman–Crippen MR) is 101 cm³/mol. The van der Waals surface area contributed by atoms with Crippen molar-refractivity contribution in [2.45, 2.75) is 0 Å². The Kier molecular flexibility index (Phi) is 7.53. The summed E-state index contributed by atoms with van der Waals surface area (Å²) in [4.78, 5) is 34.1. The van der Waals surface area contributed by atoms with E-state index in [2.05, 4.69) is 11.3 Å². The highest BCUT2D eigenvalue weighted by Gasteiger charge is 2.06. The number of esters is 3. The lowest BCUT2D eigenvalue weighted by Crippen LogP contribution is -2.07. The Balaban J connectivity index is 1.85. The number of ether oxygens (including phenoxy) is 4. The van der Waals surface area contributed by atoms with Crippen molar-refractivity contribution in [2.75, 3.05) is 13.9 Å². The second-order valence-corrected chi connectivity index (χ2v) is 5.27. The van der Waals surface area contributed by atoms with Gasteiger partial charge in [-0.1, -0.05) is 18.7 Å². The van der Waals surface area contributed by atoms with Crippen molar-refractivity contribution in [1.29, 1.82) is 0 Å². The maximum atomic E-state index is 11.9. The van der Waals surface area contributed by atoms with E-state index >= 15 is 0 Å². The van der Waals surface area contributed by atoms with E-state index in [0.717, 1.165) is 11.6 Å². The molecule has 0 saturated heterocycles. The standard InChI is InChI=1S/C21H18O7/c1-3-19(22)27-14-26-17-9-4-15(5-10-17)6-13-20(23)28-18-11-7-16(8-12-18)21(24)25-2/h3-13H,1,14H2,2H3. The van der Waals surface area contributed by atoms with Gasteiger partial charge in [-0.05, 0) is 48.0 Å². The van der Waals surface area contributed by atoms with Crippen LogP contribution in [0.5, 0.6) is 11.5 Å². The first-order chi connectivity index (χ1) is 13.5. The van der Waals surface area contributed by atoms with Crippen LogP contribution in [-0.4, -0.2) is 31.8 Å². The van der Waals surface area contributed by atoms with Gasteiger partial charge in [0.2, 0.25) is 6.79 Å². The minimum absolute atomic E-state index is 0.221. The molecular formula is C21H18O7. The van der Waals surface area contributed by atoms with Gasteiger partial charge in [0.05, 0.1) is 12.7 Å². The quantitative estimate of drug-likeness (QED) is 0.300. The number of benzene rings is 2. The number of hydrogen-bond donors (Lipinski definition) is 0. The lowest BCUT2D eigenvalue weighted by Gasteiger charge is -2.06. The summed E-state index contributed by atoms with van der Waals surface area (Å²) in [6.07, 6.45) is 3.90. The Morgan fingerprint density at radius 1 is 0.929 bits per heavy atom. The molecule has 7 nitrogen and oxygen atoms in total. The van der Waals surface area contributed by atoms with E-state index in [1.807, 2.05) is 0 Å². The van der Waals surface area contributed by atoms with Crippen LogP contribution in [0, 0.1) is 0 Å². The molecule has 2 aromatic rings. The molecule has 0 aromatic heterocycles. The average Bonchev–Trinajstić information content (AvgIpc) is 2.73. The van der Waals surface area contributed by atoms with Crippen molar-refractivity contribution in [2.24, 2.45) is 0 Å².